The van der Waals surface area contributed by atoms with Crippen LogP contribution < -0.4 is 5.32 Å². The lowest BCUT2D eigenvalue weighted by atomic mass is 10.0. The van der Waals surface area contributed by atoms with E-state index in [1.54, 1.807) is 30.8 Å². The van der Waals surface area contributed by atoms with Crippen molar-refractivity contribution < 1.29 is 33.7 Å². The molecule has 2 aromatic rings. The van der Waals surface area contributed by atoms with E-state index < -0.39 is 35.8 Å². The molecule has 0 aliphatic heterocycles. The molecule has 0 bridgehead atoms. The third-order valence-electron chi connectivity index (χ3n) is 3.96. The summed E-state index contributed by atoms with van der Waals surface area (Å²) in [6.45, 7) is 1.87. The van der Waals surface area contributed by atoms with Gasteiger partial charge >= 0.3 is 12.1 Å². The number of benzene rings is 2. The lowest BCUT2D eigenvalue weighted by Crippen LogP contribution is -2.28. The van der Waals surface area contributed by atoms with E-state index in [1.165, 1.54) is 12.1 Å². The number of ether oxygens (including phenoxy) is 2. The zero-order chi connectivity index (χ0) is 22.1. The van der Waals surface area contributed by atoms with Crippen LogP contribution in [0.3, 0.4) is 0 Å². The van der Waals surface area contributed by atoms with Crippen molar-refractivity contribution in [1.82, 2.24) is 0 Å². The molecule has 0 saturated heterocycles. The zero-order valence-corrected chi connectivity index (χ0v) is 17.2. The van der Waals surface area contributed by atoms with E-state index in [2.05, 4.69) is 5.32 Å². The molecule has 1 amide bonds. The maximum Gasteiger partial charge on any atom is 0.412 e. The van der Waals surface area contributed by atoms with E-state index in [4.69, 9.17) is 14.6 Å². The quantitative estimate of drug-likeness (QED) is 0.391. The maximum absolute atomic E-state index is 13.9. The van der Waals surface area contributed by atoms with Gasteiger partial charge in [0.1, 0.15) is 6.10 Å². The SMILES string of the molecule is CCO[C@@H](/C=C/C(=O)O)[C@@H](OC(=O)Nc1ccc(SC)cc1)c1ccc(O)c(F)c1. The average Bonchev–Trinajstić information content (AvgIpc) is 2.72. The van der Waals surface area contributed by atoms with Crippen molar-refractivity contribution in [3.8, 4) is 5.75 Å². The van der Waals surface area contributed by atoms with Gasteiger partial charge in [0.15, 0.2) is 17.7 Å². The Labute approximate surface area is 177 Å². The number of halogens is 1. The minimum Gasteiger partial charge on any atom is -0.505 e. The summed E-state index contributed by atoms with van der Waals surface area (Å²) in [7, 11) is 0. The van der Waals surface area contributed by atoms with Crippen LogP contribution in [0.4, 0.5) is 14.9 Å². The molecule has 2 aromatic carbocycles. The summed E-state index contributed by atoms with van der Waals surface area (Å²) in [5, 5.41) is 20.9. The predicted molar refractivity (Wildman–Crippen MR) is 111 cm³/mol. The van der Waals surface area contributed by atoms with Crippen LogP contribution in [-0.4, -0.2) is 41.2 Å². The Morgan fingerprint density at radius 3 is 2.50 bits per heavy atom. The van der Waals surface area contributed by atoms with Crippen molar-refractivity contribution in [2.24, 2.45) is 0 Å². The second kappa shape index (κ2) is 11.2. The Balaban J connectivity index is 2.29. The second-order valence-corrected chi connectivity index (χ2v) is 6.89. The van der Waals surface area contributed by atoms with Gasteiger partial charge in [-0.1, -0.05) is 6.07 Å². The van der Waals surface area contributed by atoms with Crippen LogP contribution in [0.5, 0.6) is 5.75 Å². The highest BCUT2D eigenvalue weighted by atomic mass is 32.2. The molecule has 0 aliphatic rings. The Kier molecular flexibility index (Phi) is 8.70. The molecule has 2 atom stereocenters. The number of carboxylic acids is 1. The number of anilines is 1. The van der Waals surface area contributed by atoms with Gasteiger partial charge in [-0.15, -0.1) is 11.8 Å². The van der Waals surface area contributed by atoms with E-state index in [0.717, 1.165) is 23.1 Å². The summed E-state index contributed by atoms with van der Waals surface area (Å²) in [5.74, 6) is -2.69. The molecular weight excluding hydrogens is 413 g/mol. The first-order chi connectivity index (χ1) is 14.3. The number of amides is 1. The summed E-state index contributed by atoms with van der Waals surface area (Å²) in [6, 6.07) is 10.5. The van der Waals surface area contributed by atoms with E-state index >= 15 is 0 Å². The number of aromatic hydroxyl groups is 1. The van der Waals surface area contributed by atoms with Crippen LogP contribution in [0.25, 0.3) is 0 Å². The third kappa shape index (κ3) is 6.78. The monoisotopic (exact) mass is 435 g/mol. The maximum atomic E-state index is 13.9. The number of carboxylic acid groups (broad SMARTS) is 1. The lowest BCUT2D eigenvalue weighted by Gasteiger charge is -2.25. The number of rotatable bonds is 9. The van der Waals surface area contributed by atoms with Gasteiger partial charge < -0.3 is 19.7 Å². The molecule has 9 heteroatoms. The fourth-order valence-corrected chi connectivity index (χ4v) is 2.98. The molecule has 160 valence electrons. The standard InChI is InChI=1S/C21H22FNO6S/c1-3-28-18(10-11-19(25)26)20(13-4-9-17(24)16(22)12-13)29-21(27)23-14-5-7-15(30-2)8-6-14/h4-12,18,20,24H,3H2,1-2H3,(H,23,27)(H,25,26)/b11-10+/t18-,20-/m0/s1. The number of hydrogen-bond acceptors (Lipinski definition) is 6. The van der Waals surface area contributed by atoms with Gasteiger partial charge in [0, 0.05) is 23.3 Å². The van der Waals surface area contributed by atoms with Crippen LogP contribution in [0, 0.1) is 5.82 Å². The van der Waals surface area contributed by atoms with Gasteiger partial charge in [0.2, 0.25) is 0 Å². The Morgan fingerprint density at radius 1 is 1.23 bits per heavy atom. The summed E-state index contributed by atoms with van der Waals surface area (Å²) < 4.78 is 24.9. The van der Waals surface area contributed by atoms with Gasteiger partial charge in [-0.2, -0.15) is 0 Å². The molecule has 0 saturated carbocycles. The fraction of sp³-hybridized carbons (Fsp3) is 0.238. The van der Waals surface area contributed by atoms with Gasteiger partial charge in [0.25, 0.3) is 0 Å². The zero-order valence-electron chi connectivity index (χ0n) is 16.4. The van der Waals surface area contributed by atoms with E-state index in [9.17, 15) is 19.1 Å². The number of phenols is 1. The summed E-state index contributed by atoms with van der Waals surface area (Å²) in [4.78, 5) is 24.4. The van der Waals surface area contributed by atoms with Gasteiger partial charge in [0.05, 0.1) is 0 Å². The van der Waals surface area contributed by atoms with Crippen molar-refractivity contribution in [3.05, 3.63) is 66.0 Å². The largest absolute Gasteiger partial charge is 0.505 e. The molecule has 0 spiro atoms. The van der Waals surface area contributed by atoms with Crippen molar-refractivity contribution >= 4 is 29.5 Å². The van der Waals surface area contributed by atoms with E-state index in [1.807, 2.05) is 18.4 Å². The van der Waals surface area contributed by atoms with Gasteiger partial charge in [-0.25, -0.2) is 14.0 Å². The first-order valence-electron chi connectivity index (χ1n) is 8.96. The molecule has 3 N–H and O–H groups in total. The van der Waals surface area contributed by atoms with Gasteiger partial charge in [-0.05, 0) is 61.2 Å². The highest BCUT2D eigenvalue weighted by Gasteiger charge is 2.27. The molecule has 30 heavy (non-hydrogen) atoms. The number of hydrogen-bond donors (Lipinski definition) is 3. The highest BCUT2D eigenvalue weighted by molar-refractivity contribution is 7.98. The van der Waals surface area contributed by atoms with Crippen molar-refractivity contribution in [2.75, 3.05) is 18.2 Å². The number of thioether (sulfide) groups is 1. The van der Waals surface area contributed by atoms with Crippen molar-refractivity contribution in [3.63, 3.8) is 0 Å². The molecule has 2 rings (SSSR count). The predicted octanol–water partition coefficient (Wildman–Crippen LogP) is 4.59. The van der Waals surface area contributed by atoms with E-state index in [-0.39, 0.29) is 12.2 Å². The smallest absolute Gasteiger partial charge is 0.412 e. The third-order valence-corrected chi connectivity index (χ3v) is 4.70. The lowest BCUT2D eigenvalue weighted by molar-refractivity contribution is -0.131. The van der Waals surface area contributed by atoms with Crippen LogP contribution in [-0.2, 0) is 14.3 Å². The van der Waals surface area contributed by atoms with Crippen molar-refractivity contribution in [1.29, 1.82) is 0 Å². The molecule has 0 radical (unpaired) electrons. The molecule has 0 heterocycles. The second-order valence-electron chi connectivity index (χ2n) is 6.01. The molecule has 0 fully saturated rings. The summed E-state index contributed by atoms with van der Waals surface area (Å²) >= 11 is 1.55. The number of carbonyl (C=O) groups is 2. The Morgan fingerprint density at radius 2 is 1.93 bits per heavy atom. The minimum absolute atomic E-state index is 0.187. The fourth-order valence-electron chi connectivity index (χ4n) is 2.58. The van der Waals surface area contributed by atoms with Crippen LogP contribution in [0.2, 0.25) is 0 Å². The molecule has 0 aliphatic carbocycles. The summed E-state index contributed by atoms with van der Waals surface area (Å²) in [6.07, 6.45) is 0.991. The molecular formula is C21H22FNO6S. The minimum atomic E-state index is -1.21. The number of phenolic OH excluding ortho intramolecular Hbond substituents is 1. The van der Waals surface area contributed by atoms with Gasteiger partial charge in [-0.3, -0.25) is 5.32 Å². The number of nitrogens with one attached hydrogen (secondary N) is 1. The molecule has 0 unspecified atom stereocenters. The molecule has 0 aromatic heterocycles. The van der Waals surface area contributed by atoms with Crippen molar-refractivity contribution in [2.45, 2.75) is 24.0 Å². The number of aliphatic carboxylic acids is 1. The van der Waals surface area contributed by atoms with Crippen LogP contribution in [0.15, 0.2) is 59.5 Å². The normalized spacial score (nSPS) is 13.0. The van der Waals surface area contributed by atoms with Crippen LogP contribution in [0.1, 0.15) is 18.6 Å². The van der Waals surface area contributed by atoms with E-state index in [0.29, 0.717) is 5.69 Å². The topological polar surface area (TPSA) is 105 Å². The highest BCUT2D eigenvalue weighted by Crippen LogP contribution is 2.29. The van der Waals surface area contributed by atoms with Crippen LogP contribution >= 0.6 is 11.8 Å². The Hall–Kier alpha value is -3.04. The first kappa shape index (κ1) is 23.2. The molecule has 7 nitrogen and oxygen atoms in total. The average molecular weight is 435 g/mol. The number of carbonyl (C=O) groups excluding carboxylic acids is 1. The summed E-state index contributed by atoms with van der Waals surface area (Å²) in [5.41, 5.74) is 0.675. The first-order valence-corrected chi connectivity index (χ1v) is 10.2. The Bertz CT molecular complexity index is 903.